The largest absolute Gasteiger partial charge is 0.387 e. The van der Waals surface area contributed by atoms with Gasteiger partial charge in [-0.15, -0.1) is 11.8 Å². The highest BCUT2D eigenvalue weighted by Crippen LogP contribution is 2.26. The van der Waals surface area contributed by atoms with Crippen molar-refractivity contribution in [2.75, 3.05) is 18.8 Å². The van der Waals surface area contributed by atoms with E-state index in [1.165, 1.54) is 4.90 Å². The van der Waals surface area contributed by atoms with Crippen LogP contribution in [0.15, 0.2) is 53.4 Å². The molecule has 0 spiro atoms. The predicted octanol–water partition coefficient (Wildman–Crippen LogP) is 4.41. The number of aliphatic hydroxyl groups is 1. The molecule has 0 bridgehead atoms. The van der Waals surface area contributed by atoms with Crippen molar-refractivity contribution in [3.05, 3.63) is 64.1 Å². The van der Waals surface area contributed by atoms with Crippen molar-refractivity contribution in [1.29, 1.82) is 0 Å². The Morgan fingerprint density at radius 2 is 1.86 bits per heavy atom. The van der Waals surface area contributed by atoms with E-state index in [2.05, 4.69) is 17.4 Å². The molecular formula is C16H17Cl2NOS. The lowest BCUT2D eigenvalue weighted by atomic mass is 10.1. The summed E-state index contributed by atoms with van der Waals surface area (Å²) in [5, 5.41) is 14.5. The average Bonchev–Trinajstić information content (AvgIpc) is 2.50. The third-order valence-electron chi connectivity index (χ3n) is 2.95. The molecule has 2 aromatic rings. The van der Waals surface area contributed by atoms with Crippen molar-refractivity contribution in [2.24, 2.45) is 0 Å². The first-order valence-corrected chi connectivity index (χ1v) is 8.42. The quantitative estimate of drug-likeness (QED) is 0.577. The van der Waals surface area contributed by atoms with Gasteiger partial charge < -0.3 is 10.4 Å². The molecule has 0 amide bonds. The van der Waals surface area contributed by atoms with Crippen LogP contribution in [0.25, 0.3) is 0 Å². The average molecular weight is 342 g/mol. The molecule has 0 aliphatic rings. The van der Waals surface area contributed by atoms with E-state index in [4.69, 9.17) is 23.2 Å². The first kappa shape index (κ1) is 16.7. The molecule has 112 valence electrons. The molecule has 0 aromatic heterocycles. The van der Waals surface area contributed by atoms with Gasteiger partial charge in [-0.1, -0.05) is 41.4 Å². The molecule has 1 atom stereocenters. The fraction of sp³-hybridized carbons (Fsp3) is 0.250. The number of aliphatic hydroxyl groups excluding tert-OH is 1. The highest BCUT2D eigenvalue weighted by Gasteiger charge is 2.11. The Labute approximate surface area is 139 Å². The standard InChI is InChI=1S/C16H17Cl2NOS/c17-12-6-7-15(18)14(10-12)16(20)11-19-8-9-21-13-4-2-1-3-5-13/h1-7,10,16,19-20H,8-9,11H2. The molecular weight excluding hydrogens is 325 g/mol. The molecule has 2 nitrogen and oxygen atoms in total. The maximum atomic E-state index is 10.1. The molecule has 0 radical (unpaired) electrons. The summed E-state index contributed by atoms with van der Waals surface area (Å²) < 4.78 is 0. The smallest absolute Gasteiger partial charge is 0.0929 e. The van der Waals surface area contributed by atoms with Crippen LogP contribution in [0.1, 0.15) is 11.7 Å². The summed E-state index contributed by atoms with van der Waals surface area (Å²) in [5.41, 5.74) is 0.660. The molecule has 5 heteroatoms. The van der Waals surface area contributed by atoms with Crippen LogP contribution in [-0.4, -0.2) is 23.9 Å². The number of nitrogens with one attached hydrogen (secondary N) is 1. The van der Waals surface area contributed by atoms with Crippen LogP contribution < -0.4 is 5.32 Å². The lowest BCUT2D eigenvalue weighted by Gasteiger charge is -2.14. The number of thioether (sulfide) groups is 1. The number of hydrogen-bond donors (Lipinski definition) is 2. The molecule has 0 saturated heterocycles. The topological polar surface area (TPSA) is 32.3 Å². The first-order chi connectivity index (χ1) is 10.2. The molecule has 2 N–H and O–H groups in total. The van der Waals surface area contributed by atoms with Gasteiger partial charge in [-0.25, -0.2) is 0 Å². The molecule has 0 aliphatic carbocycles. The SMILES string of the molecule is OC(CNCCSc1ccccc1)c1cc(Cl)ccc1Cl. The lowest BCUT2D eigenvalue weighted by Crippen LogP contribution is -2.24. The summed E-state index contributed by atoms with van der Waals surface area (Å²) in [4.78, 5) is 1.25. The Morgan fingerprint density at radius 1 is 1.10 bits per heavy atom. The fourth-order valence-electron chi connectivity index (χ4n) is 1.88. The lowest BCUT2D eigenvalue weighted by molar-refractivity contribution is 0.176. The van der Waals surface area contributed by atoms with Crippen molar-refractivity contribution < 1.29 is 5.11 Å². The van der Waals surface area contributed by atoms with Crippen LogP contribution >= 0.6 is 35.0 Å². The molecule has 0 heterocycles. The van der Waals surface area contributed by atoms with Crippen LogP contribution in [-0.2, 0) is 0 Å². The zero-order valence-corrected chi connectivity index (χ0v) is 13.8. The number of benzene rings is 2. The number of halogens is 2. The van der Waals surface area contributed by atoms with Gasteiger partial charge in [0, 0.05) is 39.3 Å². The summed E-state index contributed by atoms with van der Waals surface area (Å²) in [6, 6.07) is 15.4. The number of hydrogen-bond acceptors (Lipinski definition) is 3. The highest BCUT2D eigenvalue weighted by atomic mass is 35.5. The molecule has 0 saturated carbocycles. The van der Waals surface area contributed by atoms with Crippen LogP contribution in [0.5, 0.6) is 0 Å². The Kier molecular flexibility index (Phi) is 6.87. The number of rotatable bonds is 7. The maximum Gasteiger partial charge on any atom is 0.0929 e. The second-order valence-electron chi connectivity index (χ2n) is 4.55. The van der Waals surface area contributed by atoms with Crippen LogP contribution in [0.4, 0.5) is 0 Å². The zero-order chi connectivity index (χ0) is 15.1. The Morgan fingerprint density at radius 3 is 2.62 bits per heavy atom. The van der Waals surface area contributed by atoms with Gasteiger partial charge in [0.15, 0.2) is 0 Å². The van der Waals surface area contributed by atoms with E-state index in [1.54, 1.807) is 30.0 Å². The van der Waals surface area contributed by atoms with Crippen molar-refractivity contribution in [2.45, 2.75) is 11.0 Å². The van der Waals surface area contributed by atoms with Crippen molar-refractivity contribution >= 4 is 35.0 Å². The summed E-state index contributed by atoms with van der Waals surface area (Å²) >= 11 is 13.8. The van der Waals surface area contributed by atoms with Gasteiger partial charge in [0.25, 0.3) is 0 Å². The first-order valence-electron chi connectivity index (χ1n) is 6.68. The predicted molar refractivity (Wildman–Crippen MR) is 91.5 cm³/mol. The van der Waals surface area contributed by atoms with Gasteiger partial charge >= 0.3 is 0 Å². The third-order valence-corrected chi connectivity index (χ3v) is 4.54. The minimum Gasteiger partial charge on any atom is -0.387 e. The third kappa shape index (κ3) is 5.53. The molecule has 21 heavy (non-hydrogen) atoms. The zero-order valence-electron chi connectivity index (χ0n) is 11.4. The summed E-state index contributed by atoms with van der Waals surface area (Å²) in [5.74, 6) is 0.944. The molecule has 0 aliphatic heterocycles. The summed E-state index contributed by atoms with van der Waals surface area (Å²) in [6.45, 7) is 1.27. The molecule has 2 aromatic carbocycles. The Balaban J connectivity index is 1.72. The summed E-state index contributed by atoms with van der Waals surface area (Å²) in [6.07, 6.45) is -0.655. The maximum absolute atomic E-state index is 10.1. The monoisotopic (exact) mass is 341 g/mol. The molecule has 2 rings (SSSR count). The van der Waals surface area contributed by atoms with Gasteiger partial charge in [0.2, 0.25) is 0 Å². The van der Waals surface area contributed by atoms with Crippen LogP contribution in [0, 0.1) is 0 Å². The van der Waals surface area contributed by atoms with E-state index >= 15 is 0 Å². The van der Waals surface area contributed by atoms with Crippen molar-refractivity contribution in [3.63, 3.8) is 0 Å². The Hall–Kier alpha value is -0.710. The van der Waals surface area contributed by atoms with E-state index in [9.17, 15) is 5.11 Å². The van der Waals surface area contributed by atoms with Gasteiger partial charge in [-0.2, -0.15) is 0 Å². The van der Waals surface area contributed by atoms with Crippen molar-refractivity contribution in [3.8, 4) is 0 Å². The molecule has 0 fully saturated rings. The van der Waals surface area contributed by atoms with Crippen molar-refractivity contribution in [1.82, 2.24) is 5.32 Å². The van der Waals surface area contributed by atoms with E-state index in [-0.39, 0.29) is 0 Å². The van der Waals surface area contributed by atoms with Gasteiger partial charge in [0.1, 0.15) is 0 Å². The van der Waals surface area contributed by atoms with Crippen LogP contribution in [0.2, 0.25) is 10.0 Å². The van der Waals surface area contributed by atoms with Gasteiger partial charge in [0.05, 0.1) is 6.10 Å². The second-order valence-corrected chi connectivity index (χ2v) is 6.56. The minimum atomic E-state index is -0.655. The van der Waals surface area contributed by atoms with E-state index in [0.29, 0.717) is 22.2 Å². The highest BCUT2D eigenvalue weighted by molar-refractivity contribution is 7.99. The van der Waals surface area contributed by atoms with E-state index < -0.39 is 6.10 Å². The Bertz CT molecular complexity index is 565. The van der Waals surface area contributed by atoms with Gasteiger partial charge in [-0.05, 0) is 30.3 Å². The normalized spacial score (nSPS) is 12.3. The second kappa shape index (κ2) is 8.66. The van der Waals surface area contributed by atoms with Gasteiger partial charge in [-0.3, -0.25) is 0 Å². The minimum absolute atomic E-state index is 0.454. The summed E-state index contributed by atoms with van der Waals surface area (Å²) in [7, 11) is 0. The van der Waals surface area contributed by atoms with E-state index in [1.807, 2.05) is 18.2 Å². The molecule has 1 unspecified atom stereocenters. The fourth-order valence-corrected chi connectivity index (χ4v) is 3.13. The van der Waals surface area contributed by atoms with E-state index in [0.717, 1.165) is 12.3 Å². The van der Waals surface area contributed by atoms with Crippen LogP contribution in [0.3, 0.4) is 0 Å².